The molecule has 0 aromatic heterocycles. The van der Waals surface area contributed by atoms with E-state index in [1.54, 1.807) is 55.7 Å². The molecule has 4 aliphatic carbocycles. The summed E-state index contributed by atoms with van der Waals surface area (Å²) in [6.07, 6.45) is 25.8. The van der Waals surface area contributed by atoms with Crippen molar-refractivity contribution in [2.75, 3.05) is 0 Å². The van der Waals surface area contributed by atoms with Gasteiger partial charge in [-0.1, -0.05) is 147 Å². The van der Waals surface area contributed by atoms with Crippen LogP contribution in [-0.4, -0.2) is 0 Å². The maximum absolute atomic E-state index is 2.82. The molecule has 0 heteroatoms. The van der Waals surface area contributed by atoms with E-state index < -0.39 is 0 Å². The first-order valence-electron chi connectivity index (χ1n) is 25.9. The van der Waals surface area contributed by atoms with Gasteiger partial charge in [0, 0.05) is 0 Å². The van der Waals surface area contributed by atoms with E-state index in [-0.39, 0.29) is 10.8 Å². The van der Waals surface area contributed by atoms with Crippen molar-refractivity contribution in [1.29, 1.82) is 0 Å². The van der Waals surface area contributed by atoms with E-state index >= 15 is 0 Å². The minimum Gasteiger partial charge on any atom is -0.0763 e. The van der Waals surface area contributed by atoms with Crippen molar-refractivity contribution in [3.8, 4) is 0 Å². The van der Waals surface area contributed by atoms with E-state index in [0.29, 0.717) is 58.2 Å². The Balaban J connectivity index is 1.40. The van der Waals surface area contributed by atoms with E-state index in [0.717, 1.165) is 25.7 Å². The van der Waals surface area contributed by atoms with Crippen molar-refractivity contribution in [3.63, 3.8) is 0 Å². The first-order chi connectivity index (χ1) is 28.1. The molecular formula is C60H94. The average molecular weight is 815 g/mol. The Labute approximate surface area is 373 Å². The van der Waals surface area contributed by atoms with Gasteiger partial charge < -0.3 is 0 Å². The van der Waals surface area contributed by atoms with Crippen molar-refractivity contribution in [2.45, 2.75) is 235 Å². The molecule has 0 aliphatic heterocycles. The predicted molar refractivity (Wildman–Crippen MR) is 266 cm³/mol. The number of fused-ring (bicyclic) bond motifs is 4. The van der Waals surface area contributed by atoms with Crippen LogP contribution in [0.1, 0.15) is 245 Å². The quantitative estimate of drug-likeness (QED) is 0.133. The Kier molecular flexibility index (Phi) is 14.7. The van der Waals surface area contributed by atoms with Crippen molar-refractivity contribution >= 4 is 11.1 Å². The summed E-state index contributed by atoms with van der Waals surface area (Å²) in [5.41, 5.74) is 17.9. The third kappa shape index (κ3) is 9.84. The molecule has 2 aromatic rings. The van der Waals surface area contributed by atoms with Crippen molar-refractivity contribution < 1.29 is 0 Å². The molecule has 0 atom stereocenters. The SMILES string of the molecule is CC(C)CC1(CC(C)C)CCC(CC(C)C)(CC(C)C)c2cc3c(cc21)CC=C3CCC1=CCc2cc3c(cc21)C(CC(C)C)(CC(C)C)CCC3(CC(C)C)CC(C)C. The van der Waals surface area contributed by atoms with Gasteiger partial charge in [0.05, 0.1) is 0 Å². The van der Waals surface area contributed by atoms with Gasteiger partial charge in [-0.3, -0.25) is 0 Å². The molecule has 0 heterocycles. The van der Waals surface area contributed by atoms with Gasteiger partial charge in [0.15, 0.2) is 0 Å². The van der Waals surface area contributed by atoms with E-state index in [1.807, 2.05) is 0 Å². The average Bonchev–Trinajstić information content (AvgIpc) is 3.70. The Hall–Kier alpha value is -2.08. The van der Waals surface area contributed by atoms with Gasteiger partial charge in [-0.2, -0.15) is 0 Å². The summed E-state index contributed by atoms with van der Waals surface area (Å²) in [6, 6.07) is 11.2. The van der Waals surface area contributed by atoms with Crippen LogP contribution >= 0.6 is 0 Å². The largest absolute Gasteiger partial charge is 0.0763 e. The van der Waals surface area contributed by atoms with Crippen LogP contribution < -0.4 is 0 Å². The van der Waals surface area contributed by atoms with Gasteiger partial charge in [-0.25, -0.2) is 0 Å². The molecule has 0 spiro atoms. The first-order valence-corrected chi connectivity index (χ1v) is 25.9. The van der Waals surface area contributed by atoms with Gasteiger partial charge in [0.2, 0.25) is 0 Å². The normalized spacial score (nSPS) is 19.9. The van der Waals surface area contributed by atoms with Crippen LogP contribution in [0.5, 0.6) is 0 Å². The fourth-order valence-electron chi connectivity index (χ4n) is 15.2. The first kappa shape index (κ1) is 47.4. The zero-order chi connectivity index (χ0) is 43.9. The Morgan fingerprint density at radius 3 is 0.767 bits per heavy atom. The number of allylic oxidation sites excluding steroid dienone is 4. The smallest absolute Gasteiger partial charge is 0.00386 e. The van der Waals surface area contributed by atoms with Crippen LogP contribution in [0.2, 0.25) is 0 Å². The second-order valence-electron chi connectivity index (χ2n) is 25.4. The second kappa shape index (κ2) is 18.6. The fraction of sp³-hybridized carbons (Fsp3) is 0.733. The summed E-state index contributed by atoms with van der Waals surface area (Å²) < 4.78 is 0. The molecule has 0 fully saturated rings. The van der Waals surface area contributed by atoms with E-state index in [1.165, 1.54) is 77.0 Å². The van der Waals surface area contributed by atoms with E-state index in [9.17, 15) is 0 Å². The summed E-state index contributed by atoms with van der Waals surface area (Å²) in [5, 5.41) is 0. The number of rotatable bonds is 19. The standard InChI is InChI=1S/C60H94/c1-39(2)31-57(32-40(3)4)23-25-59(35-43(9)10,36-44(11)12)55-29-51-47(19-21-49(51)27-53(55)57)17-18-48-20-22-50-28-54-56(30-52(48)50)60(37-45(13)14,38-46(15)16)26-24-58(54,33-41(5)6)34-42(7)8/h19-20,27-30,39-46H,17-18,21-26,31-38H2,1-16H3. The lowest BCUT2D eigenvalue weighted by Crippen LogP contribution is -2.43. The Bertz CT molecular complexity index is 1670. The summed E-state index contributed by atoms with van der Waals surface area (Å²) >= 11 is 0. The van der Waals surface area contributed by atoms with E-state index in [4.69, 9.17) is 0 Å². The molecule has 0 saturated carbocycles. The minimum atomic E-state index is 0.280. The molecular weight excluding hydrogens is 721 g/mol. The topological polar surface area (TPSA) is 0 Å². The number of hydrogen-bond donors (Lipinski definition) is 0. The molecule has 0 radical (unpaired) electrons. The van der Waals surface area contributed by atoms with Crippen LogP contribution in [0.4, 0.5) is 0 Å². The summed E-state index contributed by atoms with van der Waals surface area (Å²) in [4.78, 5) is 0. The molecule has 0 N–H and O–H groups in total. The van der Waals surface area contributed by atoms with Crippen LogP contribution in [0.15, 0.2) is 36.4 Å². The van der Waals surface area contributed by atoms with Crippen molar-refractivity contribution in [3.05, 3.63) is 80.9 Å². The third-order valence-corrected chi connectivity index (χ3v) is 15.8. The van der Waals surface area contributed by atoms with Crippen LogP contribution in [0.3, 0.4) is 0 Å². The predicted octanol–water partition coefficient (Wildman–Crippen LogP) is 18.0. The zero-order valence-electron chi connectivity index (χ0n) is 42.4. The molecule has 0 amide bonds. The molecule has 0 saturated heterocycles. The summed E-state index contributed by atoms with van der Waals surface area (Å²) in [6.45, 7) is 39.7. The molecule has 60 heavy (non-hydrogen) atoms. The van der Waals surface area contributed by atoms with Crippen molar-refractivity contribution in [2.24, 2.45) is 47.3 Å². The summed E-state index contributed by atoms with van der Waals surface area (Å²) in [5.74, 6) is 5.61. The lowest BCUT2D eigenvalue weighted by Gasteiger charge is -2.51. The van der Waals surface area contributed by atoms with Crippen LogP contribution in [0.25, 0.3) is 11.1 Å². The van der Waals surface area contributed by atoms with Gasteiger partial charge in [-0.05, 0) is 227 Å². The molecule has 334 valence electrons. The molecule has 6 rings (SSSR count). The molecule has 0 unspecified atom stereocenters. The van der Waals surface area contributed by atoms with Gasteiger partial charge >= 0.3 is 0 Å². The van der Waals surface area contributed by atoms with Gasteiger partial charge in [0.1, 0.15) is 0 Å². The lowest BCUT2D eigenvalue weighted by atomic mass is 9.53. The molecule has 4 aliphatic rings. The third-order valence-electron chi connectivity index (χ3n) is 15.8. The highest BCUT2D eigenvalue weighted by Crippen LogP contribution is 2.59. The molecule has 0 nitrogen and oxygen atoms in total. The highest BCUT2D eigenvalue weighted by molar-refractivity contribution is 5.79. The Morgan fingerprint density at radius 2 is 0.550 bits per heavy atom. The fourth-order valence-corrected chi connectivity index (χ4v) is 15.2. The number of benzene rings is 2. The maximum Gasteiger partial charge on any atom is -0.00386 e. The lowest BCUT2D eigenvalue weighted by molar-refractivity contribution is 0.167. The second-order valence-corrected chi connectivity index (χ2v) is 25.4. The molecule has 0 bridgehead atoms. The minimum absolute atomic E-state index is 0.280. The maximum atomic E-state index is 2.82. The monoisotopic (exact) mass is 815 g/mol. The Morgan fingerprint density at radius 1 is 0.333 bits per heavy atom. The number of hydrogen-bond acceptors (Lipinski definition) is 0. The highest BCUT2D eigenvalue weighted by Gasteiger charge is 2.50. The highest BCUT2D eigenvalue weighted by atomic mass is 14.5. The van der Waals surface area contributed by atoms with E-state index in [2.05, 4.69) is 147 Å². The van der Waals surface area contributed by atoms with Crippen LogP contribution in [0, 0.1) is 47.3 Å². The summed E-state index contributed by atoms with van der Waals surface area (Å²) in [7, 11) is 0. The van der Waals surface area contributed by atoms with Crippen LogP contribution in [-0.2, 0) is 34.5 Å². The zero-order valence-corrected chi connectivity index (χ0v) is 42.4. The molecule has 2 aromatic carbocycles. The van der Waals surface area contributed by atoms with Gasteiger partial charge in [0.25, 0.3) is 0 Å². The van der Waals surface area contributed by atoms with Gasteiger partial charge in [-0.15, -0.1) is 0 Å². The van der Waals surface area contributed by atoms with Crippen molar-refractivity contribution in [1.82, 2.24) is 0 Å².